The predicted molar refractivity (Wildman–Crippen MR) is 345 cm³/mol. The maximum absolute atomic E-state index is 15.0. The number of fused-ring (bicyclic) bond motifs is 2. The van der Waals surface area contributed by atoms with E-state index in [0.717, 1.165) is 73.1 Å². The molecule has 3 fully saturated rings. The van der Waals surface area contributed by atoms with Gasteiger partial charge in [-0.2, -0.15) is 0 Å². The van der Waals surface area contributed by atoms with Crippen molar-refractivity contribution in [3.05, 3.63) is 77.9 Å². The predicted octanol–water partition coefficient (Wildman–Crippen LogP) is -3.96. The summed E-state index contributed by atoms with van der Waals surface area (Å²) in [4.78, 5) is 104. The van der Waals surface area contributed by atoms with Crippen LogP contribution in [0.5, 0.6) is 17.2 Å². The number of benzene rings is 3. The van der Waals surface area contributed by atoms with Gasteiger partial charge in [-0.1, -0.05) is 60.8 Å². The van der Waals surface area contributed by atoms with E-state index in [2.05, 4.69) is 60.8 Å². The van der Waals surface area contributed by atoms with Crippen molar-refractivity contribution in [2.75, 3.05) is 59.7 Å². The number of methoxy groups -OCH3 is 1. The van der Waals surface area contributed by atoms with Crippen LogP contribution in [-0.2, 0) is 62.9 Å². The molecule has 99 heavy (non-hydrogen) atoms. The monoisotopic (exact) mass is 1460 g/mol. The van der Waals surface area contributed by atoms with Gasteiger partial charge in [-0.3, -0.25) is 42.8 Å². The minimum absolute atomic E-state index is 0. The second kappa shape index (κ2) is 41.8. The summed E-state index contributed by atoms with van der Waals surface area (Å²) in [5.74, 6) is -8.88. The molecule has 7 rings (SSSR count). The maximum Gasteiger partial charge on any atom is 1.00 e. The average Bonchev–Trinajstić information content (AvgIpc) is 1.69. The minimum Gasteiger partial charge on any atom is -0.691 e. The fraction of sp³-hybridized carbons (Fsp3) is 0.557. The number of ether oxygens (including phenoxy) is 2. The zero-order valence-corrected chi connectivity index (χ0v) is 59.2. The summed E-state index contributed by atoms with van der Waals surface area (Å²) in [5, 5.41) is 130. The summed E-state index contributed by atoms with van der Waals surface area (Å²) in [5.41, 5.74) is 1.48. The molecule has 14 N–H and O–H groups in total. The number of phenolic OH excluding ortho intramolecular Hbond substituents is 1. The van der Waals surface area contributed by atoms with Gasteiger partial charge < -0.3 is 96.4 Å². The van der Waals surface area contributed by atoms with Crippen molar-refractivity contribution in [3.63, 3.8) is 0 Å². The number of unbranched alkanes of at least 4 members (excludes halogenated alkanes) is 4. The Labute approximate surface area is 604 Å². The number of hydrogen-bond acceptors (Lipinski definition) is 30. The number of carbonyl (C=O) groups is 7. The van der Waals surface area contributed by atoms with Crippen LogP contribution in [-0.4, -0.2) is 235 Å². The molecule has 540 valence electrons. The second-order valence-electron chi connectivity index (χ2n) is 23.6. The normalized spacial score (nSPS) is 23.7. The number of aromatic nitrogens is 2. The fourth-order valence-electron chi connectivity index (χ4n) is 11.2. The quantitative estimate of drug-likeness (QED) is 0.00729. The first kappa shape index (κ1) is 82.0. The molecule has 0 unspecified atom stereocenters. The Hall–Kier alpha value is -5.99. The molecular weight excluding hydrogens is 1380 g/mol. The Morgan fingerprint density at radius 1 is 0.737 bits per heavy atom. The van der Waals surface area contributed by atoms with Crippen LogP contribution < -0.4 is 75.6 Å². The van der Waals surface area contributed by atoms with Crippen molar-refractivity contribution in [2.45, 2.75) is 151 Å². The van der Waals surface area contributed by atoms with Crippen molar-refractivity contribution in [2.24, 2.45) is 5.92 Å². The van der Waals surface area contributed by atoms with Crippen molar-refractivity contribution >= 4 is 77.3 Å². The molecule has 7 amide bonds. The average molecular weight is 1460 g/mol. The van der Waals surface area contributed by atoms with Crippen LogP contribution in [0.2, 0.25) is 0 Å². The standard InChI is InChI=1S/C61H84N10O24S3.Na/c1-33-31-71-51(52(33)78)57(83)63-30-39(73)28-42(64-53(79)36-11-13-37(14-12-36)58-68-69-59(96-58)38-15-17-41(18-16-38)89-24-8-6-4-5-7-23-88-3)54(80)65-48(34(2)72)60(84)70-32-40(74)29-43(70)55(81)66-49(46(77)26-35-10-19-44(75)47(27-35)91-98-95-93-87)56(82)67-50(61(71)85)45(76)20-22-62-21-9-25-90-97-94-92-86;/h10-19,27,33-34,39-40,42-43,45-46,48-52,62,72-78,86-87H,4-9,20-26,28-32H2,1-3H3,(H,63,83)(H,64,79)(H,65,80)(H,66,81)(H,67,82);/q;+1/p-1/t33-,34+,39+,40+,42+,43+,45-,46-,48+,49+,50+,51+,52+;/m1./s1. The molecule has 34 nitrogen and oxygen atoms in total. The molecule has 0 bridgehead atoms. The van der Waals surface area contributed by atoms with Crippen LogP contribution in [0.1, 0.15) is 87.6 Å². The molecule has 0 aliphatic carbocycles. The molecule has 4 heterocycles. The van der Waals surface area contributed by atoms with Crippen molar-refractivity contribution in [1.82, 2.24) is 51.9 Å². The van der Waals surface area contributed by atoms with Gasteiger partial charge in [-0.15, -0.1) is 18.9 Å². The van der Waals surface area contributed by atoms with E-state index in [1.807, 2.05) is 24.3 Å². The van der Waals surface area contributed by atoms with E-state index in [4.69, 9.17) is 23.1 Å². The van der Waals surface area contributed by atoms with Crippen LogP contribution in [0, 0.1) is 5.92 Å². The van der Waals surface area contributed by atoms with Gasteiger partial charge >= 0.3 is 29.6 Å². The molecule has 38 heteroatoms. The van der Waals surface area contributed by atoms with Gasteiger partial charge in [-0.25, -0.2) is 5.26 Å². The molecule has 3 aromatic carbocycles. The number of carbonyl (C=O) groups excluding carboxylic acids is 7. The molecule has 0 radical (unpaired) electrons. The van der Waals surface area contributed by atoms with E-state index in [1.54, 1.807) is 19.2 Å². The summed E-state index contributed by atoms with van der Waals surface area (Å²) in [7, 11) is 1.69. The van der Waals surface area contributed by atoms with Gasteiger partial charge in [0, 0.05) is 75.2 Å². The molecule has 13 atom stereocenters. The SMILES string of the molecule is COCCCCCCCOc1ccc(-c2nnc(-c3ccc(C(=O)N[C@H]4C[C@H](O)CNC(=O)[C@@H]5[C@@H](O)[C@H](C)CN5C(=O)[C@H]([C@H](O)CCNCCCOSOOO)NC(=O)[C@H]([C@H](O)Cc5ccc(O)c(OSOO[O-])c5)NC(=O)[C@@H]5C[C@H](O)CN5C(=O)[C@H]([C@H](C)O)NC4=O)cc3)s2)cc1.[Na+]. The molecular formula is C61H83N10NaO24S3. The number of aliphatic hydroxyl groups is 6. The van der Waals surface area contributed by atoms with Gasteiger partial charge in [0.2, 0.25) is 35.4 Å². The number of rotatable bonds is 32. The summed E-state index contributed by atoms with van der Waals surface area (Å²) in [6.07, 6.45) is -6.94. The van der Waals surface area contributed by atoms with E-state index in [0.29, 0.717) is 46.7 Å². The van der Waals surface area contributed by atoms with Crippen LogP contribution in [0.25, 0.3) is 21.1 Å². The topological polar surface area (TPSA) is 483 Å². The number of nitrogens with one attached hydrogen (secondary N) is 6. The number of aliphatic hydroxyl groups excluding tert-OH is 6. The van der Waals surface area contributed by atoms with Gasteiger partial charge in [0.05, 0.1) is 49.8 Å². The zero-order chi connectivity index (χ0) is 70.8. The van der Waals surface area contributed by atoms with Crippen LogP contribution in [0.3, 0.4) is 0 Å². The molecule has 3 aliphatic heterocycles. The maximum atomic E-state index is 15.0. The summed E-state index contributed by atoms with van der Waals surface area (Å²) >= 11 is 1.65. The third-order valence-corrected chi connectivity index (χ3v) is 18.1. The van der Waals surface area contributed by atoms with Gasteiger partial charge in [0.1, 0.15) is 52.0 Å². The van der Waals surface area contributed by atoms with E-state index >= 15 is 4.79 Å². The van der Waals surface area contributed by atoms with E-state index in [1.165, 1.54) is 36.5 Å². The number of nitrogens with zero attached hydrogens (tertiary/aromatic N) is 4. The third kappa shape index (κ3) is 24.3. The van der Waals surface area contributed by atoms with Crippen LogP contribution in [0.4, 0.5) is 0 Å². The summed E-state index contributed by atoms with van der Waals surface area (Å²) in [6, 6.07) is 5.69. The smallest absolute Gasteiger partial charge is 0.691 e. The molecule has 0 saturated carbocycles. The van der Waals surface area contributed by atoms with Crippen molar-refractivity contribution < 1.29 is 146 Å². The van der Waals surface area contributed by atoms with Gasteiger partial charge in [0.25, 0.3) is 18.2 Å². The number of β-amino-alcohol motifs (C(OH)–C–C–N with tert-alkyl or cyclic N) is 1. The number of amides is 7. The Morgan fingerprint density at radius 2 is 1.39 bits per heavy atom. The number of aromatic hydroxyl groups is 1. The molecule has 0 spiro atoms. The van der Waals surface area contributed by atoms with E-state index in [-0.39, 0.29) is 91.4 Å². The second-order valence-corrected chi connectivity index (χ2v) is 25.6. The van der Waals surface area contributed by atoms with Crippen LogP contribution >= 0.6 is 36.0 Å². The number of phenols is 1. The molecule has 3 aliphatic rings. The van der Waals surface area contributed by atoms with Gasteiger partial charge in [-0.05, 0) is 99.8 Å². The largest absolute Gasteiger partial charge is 1.00 e. The summed E-state index contributed by atoms with van der Waals surface area (Å²) in [6.45, 7) is 2.64. The first-order chi connectivity index (χ1) is 47.1. The zero-order valence-electron chi connectivity index (χ0n) is 54.7. The molecule has 1 aromatic heterocycles. The Morgan fingerprint density at radius 3 is 2.07 bits per heavy atom. The fourth-order valence-corrected chi connectivity index (χ4v) is 12.5. The summed E-state index contributed by atoms with van der Waals surface area (Å²) < 4.78 is 29.5. The van der Waals surface area contributed by atoms with Gasteiger partial charge in [0.15, 0.2) is 23.8 Å². The van der Waals surface area contributed by atoms with E-state index < -0.39 is 158 Å². The Bertz CT molecular complexity index is 3230. The molecule has 4 aromatic rings. The van der Waals surface area contributed by atoms with Crippen LogP contribution in [0.15, 0.2) is 66.7 Å². The Kier molecular flexibility index (Phi) is 34.6. The number of hydrogen-bond donors (Lipinski definition) is 14. The van der Waals surface area contributed by atoms with E-state index in [9.17, 15) is 69.8 Å². The minimum atomic E-state index is -2.15. The van der Waals surface area contributed by atoms with Crippen molar-refractivity contribution in [1.29, 1.82) is 0 Å². The van der Waals surface area contributed by atoms with Crippen molar-refractivity contribution in [3.8, 4) is 38.4 Å². The Balaban J connectivity index is 0.0000155. The molecule has 3 saturated heterocycles. The first-order valence-corrected chi connectivity index (χ1v) is 33.7. The first-order valence-electron chi connectivity index (χ1n) is 31.6. The third-order valence-electron chi connectivity index (χ3n) is 16.4.